The van der Waals surface area contributed by atoms with E-state index in [1.807, 2.05) is 18.2 Å². The first-order valence-corrected chi connectivity index (χ1v) is 7.04. The van der Waals surface area contributed by atoms with Crippen LogP contribution in [0.15, 0.2) is 54.6 Å². The first kappa shape index (κ1) is 13.3. The summed E-state index contributed by atoms with van der Waals surface area (Å²) in [7, 11) is 0. The van der Waals surface area contributed by atoms with Gasteiger partial charge in [-0.05, 0) is 41.9 Å². The molecule has 1 aliphatic carbocycles. The second kappa shape index (κ2) is 5.73. The van der Waals surface area contributed by atoms with Gasteiger partial charge in [0.1, 0.15) is 5.82 Å². The molecule has 1 aliphatic rings. The molecule has 0 aromatic heterocycles. The quantitative estimate of drug-likeness (QED) is 0.647. The monoisotopic (exact) mass is 270 g/mol. The summed E-state index contributed by atoms with van der Waals surface area (Å²) in [5, 5.41) is 0. The maximum absolute atomic E-state index is 13.7. The van der Waals surface area contributed by atoms with E-state index in [2.05, 4.69) is 29.7 Å². The Balaban J connectivity index is 1.69. The Kier molecular flexibility index (Phi) is 3.81. The largest absolute Gasteiger partial charge is 0.271 e. The summed E-state index contributed by atoms with van der Waals surface area (Å²) in [5.74, 6) is 6.56. The van der Waals surface area contributed by atoms with E-state index in [0.29, 0.717) is 18.3 Å². The van der Waals surface area contributed by atoms with Crippen LogP contribution in [0.1, 0.15) is 23.5 Å². The van der Waals surface area contributed by atoms with Gasteiger partial charge in [-0.3, -0.25) is 11.3 Å². The molecular formula is C17H19FN2. The fraction of sp³-hybridized carbons (Fsp3) is 0.294. The number of hydrogen-bond donors (Lipinski definition) is 2. The van der Waals surface area contributed by atoms with Crippen LogP contribution in [-0.4, -0.2) is 6.04 Å². The van der Waals surface area contributed by atoms with E-state index < -0.39 is 0 Å². The normalized spacial score (nSPS) is 22.5. The molecule has 1 fully saturated rings. The Bertz CT molecular complexity index is 570. The SMILES string of the molecule is NNC(Cc1ccccc1F)C1CC1c1ccccc1. The lowest BCUT2D eigenvalue weighted by Crippen LogP contribution is -2.39. The van der Waals surface area contributed by atoms with Gasteiger partial charge in [0.2, 0.25) is 0 Å². The highest BCUT2D eigenvalue weighted by Gasteiger charge is 2.43. The summed E-state index contributed by atoms with van der Waals surface area (Å²) in [6, 6.07) is 17.5. The smallest absolute Gasteiger partial charge is 0.126 e. The molecule has 0 spiro atoms. The molecule has 2 aromatic carbocycles. The van der Waals surface area contributed by atoms with E-state index in [1.165, 1.54) is 11.6 Å². The zero-order valence-corrected chi connectivity index (χ0v) is 11.3. The average molecular weight is 270 g/mol. The molecule has 3 heteroatoms. The zero-order chi connectivity index (χ0) is 13.9. The molecule has 1 saturated carbocycles. The van der Waals surface area contributed by atoms with Gasteiger partial charge in [0.15, 0.2) is 0 Å². The molecule has 0 radical (unpaired) electrons. The summed E-state index contributed by atoms with van der Waals surface area (Å²) in [4.78, 5) is 0. The van der Waals surface area contributed by atoms with Crippen LogP contribution >= 0.6 is 0 Å². The molecule has 3 unspecified atom stereocenters. The van der Waals surface area contributed by atoms with Crippen molar-refractivity contribution in [3.8, 4) is 0 Å². The number of hydrazine groups is 1. The van der Waals surface area contributed by atoms with Crippen LogP contribution in [-0.2, 0) is 6.42 Å². The summed E-state index contributed by atoms with van der Waals surface area (Å²) in [5.41, 5.74) is 4.96. The van der Waals surface area contributed by atoms with Crippen molar-refractivity contribution in [3.63, 3.8) is 0 Å². The molecule has 0 saturated heterocycles. The topological polar surface area (TPSA) is 38.0 Å². The Labute approximate surface area is 118 Å². The summed E-state index contributed by atoms with van der Waals surface area (Å²) >= 11 is 0. The lowest BCUT2D eigenvalue weighted by atomic mass is 9.99. The highest BCUT2D eigenvalue weighted by atomic mass is 19.1. The molecule has 3 atom stereocenters. The van der Waals surface area contributed by atoms with Gasteiger partial charge in [0.25, 0.3) is 0 Å². The number of benzene rings is 2. The van der Waals surface area contributed by atoms with Crippen molar-refractivity contribution >= 4 is 0 Å². The third-order valence-electron chi connectivity index (χ3n) is 4.20. The van der Waals surface area contributed by atoms with Crippen molar-refractivity contribution in [2.24, 2.45) is 11.8 Å². The van der Waals surface area contributed by atoms with Gasteiger partial charge in [0, 0.05) is 6.04 Å². The fourth-order valence-corrected chi connectivity index (χ4v) is 2.98. The van der Waals surface area contributed by atoms with Crippen LogP contribution in [0, 0.1) is 11.7 Å². The molecule has 0 amide bonds. The van der Waals surface area contributed by atoms with E-state index >= 15 is 0 Å². The molecule has 0 heterocycles. The molecule has 2 aromatic rings. The third kappa shape index (κ3) is 2.74. The molecule has 3 rings (SSSR count). The van der Waals surface area contributed by atoms with Crippen LogP contribution in [0.2, 0.25) is 0 Å². The average Bonchev–Trinajstić information content (AvgIpc) is 3.28. The minimum Gasteiger partial charge on any atom is -0.271 e. The van der Waals surface area contributed by atoms with Crippen molar-refractivity contribution in [2.75, 3.05) is 0 Å². The van der Waals surface area contributed by atoms with Crippen LogP contribution in [0.5, 0.6) is 0 Å². The molecule has 3 N–H and O–H groups in total. The molecule has 2 nitrogen and oxygen atoms in total. The second-order valence-electron chi connectivity index (χ2n) is 5.49. The minimum absolute atomic E-state index is 0.122. The molecular weight excluding hydrogens is 251 g/mol. The van der Waals surface area contributed by atoms with Gasteiger partial charge < -0.3 is 0 Å². The van der Waals surface area contributed by atoms with Gasteiger partial charge >= 0.3 is 0 Å². The Morgan fingerprint density at radius 3 is 2.50 bits per heavy atom. The zero-order valence-electron chi connectivity index (χ0n) is 11.3. The first-order chi connectivity index (χ1) is 9.79. The van der Waals surface area contributed by atoms with E-state index in [9.17, 15) is 4.39 Å². The van der Waals surface area contributed by atoms with Gasteiger partial charge in [-0.15, -0.1) is 0 Å². The second-order valence-corrected chi connectivity index (χ2v) is 5.49. The molecule has 0 aliphatic heterocycles. The van der Waals surface area contributed by atoms with Crippen LogP contribution in [0.25, 0.3) is 0 Å². The van der Waals surface area contributed by atoms with Gasteiger partial charge in [-0.1, -0.05) is 48.5 Å². The summed E-state index contributed by atoms with van der Waals surface area (Å²) < 4.78 is 13.7. The van der Waals surface area contributed by atoms with E-state index in [0.717, 1.165) is 12.0 Å². The number of nitrogens with two attached hydrogens (primary N) is 1. The van der Waals surface area contributed by atoms with Crippen LogP contribution in [0.4, 0.5) is 4.39 Å². The van der Waals surface area contributed by atoms with E-state index in [-0.39, 0.29) is 11.9 Å². The number of halogens is 1. The standard InChI is InChI=1S/C17H19FN2/c18-16-9-5-4-8-13(16)10-17(20-19)15-11-14(15)12-6-2-1-3-7-12/h1-9,14-15,17,20H,10-11,19H2. The maximum atomic E-state index is 13.7. The predicted octanol–water partition coefficient (Wildman–Crippen LogP) is 3.00. The fourth-order valence-electron chi connectivity index (χ4n) is 2.98. The molecule has 104 valence electrons. The summed E-state index contributed by atoms with van der Waals surface area (Å²) in [6.07, 6.45) is 1.75. The third-order valence-corrected chi connectivity index (χ3v) is 4.20. The van der Waals surface area contributed by atoms with Gasteiger partial charge in [0.05, 0.1) is 0 Å². The van der Waals surface area contributed by atoms with Crippen molar-refractivity contribution in [3.05, 3.63) is 71.5 Å². The first-order valence-electron chi connectivity index (χ1n) is 7.04. The lowest BCUT2D eigenvalue weighted by Gasteiger charge is -2.16. The highest BCUT2D eigenvalue weighted by Crippen LogP contribution is 2.49. The van der Waals surface area contributed by atoms with Gasteiger partial charge in [-0.25, -0.2) is 4.39 Å². The Morgan fingerprint density at radius 1 is 1.10 bits per heavy atom. The molecule has 20 heavy (non-hydrogen) atoms. The number of rotatable bonds is 5. The maximum Gasteiger partial charge on any atom is 0.126 e. The van der Waals surface area contributed by atoms with Gasteiger partial charge in [-0.2, -0.15) is 0 Å². The number of hydrogen-bond acceptors (Lipinski definition) is 2. The van der Waals surface area contributed by atoms with Crippen LogP contribution < -0.4 is 11.3 Å². The lowest BCUT2D eigenvalue weighted by molar-refractivity contribution is 0.455. The van der Waals surface area contributed by atoms with Crippen molar-refractivity contribution in [1.29, 1.82) is 0 Å². The van der Waals surface area contributed by atoms with E-state index in [1.54, 1.807) is 6.07 Å². The Morgan fingerprint density at radius 2 is 1.80 bits per heavy atom. The predicted molar refractivity (Wildman–Crippen MR) is 78.5 cm³/mol. The number of nitrogens with one attached hydrogen (secondary N) is 1. The summed E-state index contributed by atoms with van der Waals surface area (Å²) in [6.45, 7) is 0. The van der Waals surface area contributed by atoms with Crippen LogP contribution in [0.3, 0.4) is 0 Å². The molecule has 0 bridgehead atoms. The minimum atomic E-state index is -0.148. The van der Waals surface area contributed by atoms with Crippen molar-refractivity contribution in [1.82, 2.24) is 5.43 Å². The van der Waals surface area contributed by atoms with Crippen molar-refractivity contribution in [2.45, 2.75) is 24.8 Å². The van der Waals surface area contributed by atoms with E-state index in [4.69, 9.17) is 5.84 Å². The highest BCUT2D eigenvalue weighted by molar-refractivity contribution is 5.28. The Hall–Kier alpha value is -1.71. The van der Waals surface area contributed by atoms with Crippen molar-refractivity contribution < 1.29 is 4.39 Å².